The van der Waals surface area contributed by atoms with E-state index in [1.165, 1.54) is 4.40 Å². The Morgan fingerprint density at radius 2 is 1.85 bits per heavy atom. The van der Waals surface area contributed by atoms with Crippen LogP contribution in [0.3, 0.4) is 0 Å². The molecule has 9 nitrogen and oxygen atoms in total. The van der Waals surface area contributed by atoms with Gasteiger partial charge in [-0.1, -0.05) is 46.6 Å². The third kappa shape index (κ3) is 3.99. The highest BCUT2D eigenvalue weighted by Gasteiger charge is 2.19. The van der Waals surface area contributed by atoms with Crippen LogP contribution < -0.4 is 11.0 Å². The maximum absolute atomic E-state index is 12.9. The number of hydrogen-bond acceptors (Lipinski definition) is 6. The fraction of sp³-hybridized carbons (Fsp3) is 0.160. The Balaban J connectivity index is 1.45. The van der Waals surface area contributed by atoms with Gasteiger partial charge in [0.05, 0.1) is 5.56 Å². The second-order valence-corrected chi connectivity index (χ2v) is 8.21. The molecular formula is C25H22N6O3. The zero-order valence-electron chi connectivity index (χ0n) is 18.9. The third-order valence-corrected chi connectivity index (χ3v) is 5.49. The summed E-state index contributed by atoms with van der Waals surface area (Å²) < 4.78 is 7.96. The van der Waals surface area contributed by atoms with Gasteiger partial charge < -0.3 is 9.84 Å². The van der Waals surface area contributed by atoms with Crippen LogP contribution in [0.4, 0.5) is 5.69 Å². The predicted octanol–water partition coefficient (Wildman–Crippen LogP) is 3.78. The second kappa shape index (κ2) is 8.43. The molecule has 2 aromatic carbocycles. The highest BCUT2D eigenvalue weighted by Crippen LogP contribution is 2.25. The molecule has 0 aliphatic heterocycles. The van der Waals surface area contributed by atoms with E-state index in [0.29, 0.717) is 22.7 Å². The molecule has 0 fully saturated rings. The molecular weight excluding hydrogens is 432 g/mol. The first-order valence-corrected chi connectivity index (χ1v) is 10.8. The summed E-state index contributed by atoms with van der Waals surface area (Å²) in [5.74, 6) is 0.327. The van der Waals surface area contributed by atoms with E-state index in [9.17, 15) is 9.59 Å². The van der Waals surface area contributed by atoms with Crippen LogP contribution in [-0.4, -0.2) is 30.2 Å². The summed E-state index contributed by atoms with van der Waals surface area (Å²) in [6.45, 7) is 5.66. The minimum absolute atomic E-state index is 0.231. The van der Waals surface area contributed by atoms with E-state index in [2.05, 4.69) is 20.6 Å². The zero-order valence-corrected chi connectivity index (χ0v) is 18.9. The lowest BCUT2D eigenvalue weighted by atomic mass is 10.1. The second-order valence-electron chi connectivity index (χ2n) is 8.21. The normalized spacial score (nSPS) is 11.1. The smallest absolute Gasteiger partial charge is 0.333 e. The molecule has 5 rings (SSSR count). The van der Waals surface area contributed by atoms with E-state index in [-0.39, 0.29) is 18.3 Å². The van der Waals surface area contributed by atoms with Crippen molar-refractivity contribution < 1.29 is 9.32 Å². The number of anilines is 1. The number of benzene rings is 2. The standard InChI is InChI=1S/C25H22N6O3/c1-15-6-4-7-18(13-15)22-27-24(34-29-22)19-8-5-11-30-23(19)28-31(25(30)33)14-21(32)26-20-10-9-16(2)12-17(20)3/h4-13H,14H2,1-3H3,(H,26,32). The Morgan fingerprint density at radius 1 is 1.03 bits per heavy atom. The van der Waals surface area contributed by atoms with Crippen LogP contribution in [0.5, 0.6) is 0 Å². The summed E-state index contributed by atoms with van der Waals surface area (Å²) in [7, 11) is 0. The predicted molar refractivity (Wildman–Crippen MR) is 127 cm³/mol. The highest BCUT2D eigenvalue weighted by atomic mass is 16.5. The molecule has 170 valence electrons. The molecule has 0 saturated carbocycles. The van der Waals surface area contributed by atoms with Gasteiger partial charge in [0, 0.05) is 17.4 Å². The molecule has 0 radical (unpaired) electrons. The summed E-state index contributed by atoms with van der Waals surface area (Å²) in [6, 6.07) is 17.0. The molecule has 0 atom stereocenters. The first kappa shape index (κ1) is 21.3. The van der Waals surface area contributed by atoms with E-state index >= 15 is 0 Å². The molecule has 34 heavy (non-hydrogen) atoms. The zero-order chi connectivity index (χ0) is 23.8. The molecule has 1 N–H and O–H groups in total. The Kier molecular flexibility index (Phi) is 5.29. The number of aromatic nitrogens is 5. The van der Waals surface area contributed by atoms with Gasteiger partial charge in [0.25, 0.3) is 5.89 Å². The monoisotopic (exact) mass is 454 g/mol. The summed E-state index contributed by atoms with van der Waals surface area (Å²) in [4.78, 5) is 30.0. The largest absolute Gasteiger partial charge is 0.350 e. The van der Waals surface area contributed by atoms with E-state index < -0.39 is 5.69 Å². The first-order valence-electron chi connectivity index (χ1n) is 10.8. The molecule has 0 bridgehead atoms. The third-order valence-electron chi connectivity index (χ3n) is 5.49. The van der Waals surface area contributed by atoms with Crippen LogP contribution in [-0.2, 0) is 11.3 Å². The minimum Gasteiger partial charge on any atom is -0.333 e. The molecule has 0 spiro atoms. The average molecular weight is 454 g/mol. The highest BCUT2D eigenvalue weighted by molar-refractivity contribution is 5.91. The Morgan fingerprint density at radius 3 is 2.65 bits per heavy atom. The SMILES string of the molecule is Cc1cccc(-c2noc(-c3cccn4c(=O)n(CC(=O)Nc5ccc(C)cc5C)nc34)n2)c1. The molecule has 9 heteroatoms. The van der Waals surface area contributed by atoms with Gasteiger partial charge in [0.1, 0.15) is 6.54 Å². The number of aryl methyl sites for hydroxylation is 3. The van der Waals surface area contributed by atoms with Gasteiger partial charge in [-0.2, -0.15) is 4.98 Å². The van der Waals surface area contributed by atoms with Crippen molar-refractivity contribution >= 4 is 17.2 Å². The molecule has 3 heterocycles. The maximum atomic E-state index is 12.9. The summed E-state index contributed by atoms with van der Waals surface area (Å²) in [5, 5.41) is 11.3. The number of nitrogens with one attached hydrogen (secondary N) is 1. The number of carbonyl (C=O) groups excluding carboxylic acids is 1. The van der Waals surface area contributed by atoms with Crippen molar-refractivity contribution in [1.82, 2.24) is 24.3 Å². The van der Waals surface area contributed by atoms with E-state index in [4.69, 9.17) is 4.52 Å². The Labute approximate surface area is 194 Å². The van der Waals surface area contributed by atoms with Crippen LogP contribution in [0.2, 0.25) is 0 Å². The summed E-state index contributed by atoms with van der Waals surface area (Å²) >= 11 is 0. The molecule has 0 unspecified atom stereocenters. The van der Waals surface area contributed by atoms with E-state index in [1.54, 1.807) is 18.3 Å². The van der Waals surface area contributed by atoms with Crippen molar-refractivity contribution in [2.45, 2.75) is 27.3 Å². The van der Waals surface area contributed by atoms with Gasteiger partial charge >= 0.3 is 5.69 Å². The molecule has 5 aromatic rings. The van der Waals surface area contributed by atoms with Crippen LogP contribution in [0.1, 0.15) is 16.7 Å². The van der Waals surface area contributed by atoms with Crippen molar-refractivity contribution in [3.63, 3.8) is 0 Å². The van der Waals surface area contributed by atoms with Crippen LogP contribution >= 0.6 is 0 Å². The quantitative estimate of drug-likeness (QED) is 0.433. The molecule has 0 aliphatic rings. The first-order chi connectivity index (χ1) is 16.4. The Bertz CT molecular complexity index is 1590. The molecule has 1 amide bonds. The van der Waals surface area contributed by atoms with Crippen LogP contribution in [0, 0.1) is 20.8 Å². The topological polar surface area (TPSA) is 107 Å². The number of amides is 1. The van der Waals surface area contributed by atoms with Crippen molar-refractivity contribution in [3.05, 3.63) is 88.0 Å². The summed E-state index contributed by atoms with van der Waals surface area (Å²) in [5.41, 5.74) is 5.03. The maximum Gasteiger partial charge on any atom is 0.350 e. The van der Waals surface area contributed by atoms with Crippen molar-refractivity contribution in [3.8, 4) is 22.8 Å². The molecule has 3 aromatic heterocycles. The number of fused-ring (bicyclic) bond motifs is 1. The molecule has 0 saturated heterocycles. The van der Waals surface area contributed by atoms with Crippen molar-refractivity contribution in [2.24, 2.45) is 0 Å². The number of nitrogens with zero attached hydrogens (tertiary/aromatic N) is 5. The lowest BCUT2D eigenvalue weighted by molar-refractivity contribution is -0.117. The average Bonchev–Trinajstić information content (AvgIpc) is 3.41. The number of carbonyl (C=O) groups is 1. The van der Waals surface area contributed by atoms with Crippen LogP contribution in [0.15, 0.2) is 70.1 Å². The number of hydrogen-bond donors (Lipinski definition) is 1. The van der Waals surface area contributed by atoms with Crippen molar-refractivity contribution in [2.75, 3.05) is 5.32 Å². The van der Waals surface area contributed by atoms with E-state index in [1.807, 2.05) is 63.2 Å². The fourth-order valence-corrected chi connectivity index (χ4v) is 3.82. The van der Waals surface area contributed by atoms with E-state index in [0.717, 1.165) is 26.9 Å². The van der Waals surface area contributed by atoms with Gasteiger partial charge in [-0.15, -0.1) is 5.10 Å². The number of pyridine rings is 1. The van der Waals surface area contributed by atoms with Crippen molar-refractivity contribution in [1.29, 1.82) is 0 Å². The lowest BCUT2D eigenvalue weighted by Gasteiger charge is -2.08. The van der Waals surface area contributed by atoms with Gasteiger partial charge in [0.2, 0.25) is 11.7 Å². The minimum atomic E-state index is -0.439. The van der Waals surface area contributed by atoms with Gasteiger partial charge in [-0.25, -0.2) is 13.9 Å². The lowest BCUT2D eigenvalue weighted by Crippen LogP contribution is -2.28. The van der Waals surface area contributed by atoms with Gasteiger partial charge in [0.15, 0.2) is 5.65 Å². The molecule has 0 aliphatic carbocycles. The van der Waals surface area contributed by atoms with Crippen LogP contribution in [0.25, 0.3) is 28.5 Å². The number of rotatable bonds is 5. The fourth-order valence-electron chi connectivity index (χ4n) is 3.82. The summed E-state index contributed by atoms with van der Waals surface area (Å²) in [6.07, 6.45) is 1.59. The Hall–Kier alpha value is -4.53. The van der Waals surface area contributed by atoms with Gasteiger partial charge in [-0.3, -0.25) is 4.79 Å². The van der Waals surface area contributed by atoms with Gasteiger partial charge in [-0.05, 0) is 50.6 Å².